The van der Waals surface area contributed by atoms with Crippen LogP contribution in [0.5, 0.6) is 0 Å². The molecule has 0 bridgehead atoms. The number of nitrogens with zero attached hydrogens (tertiary/aromatic N) is 2. The van der Waals surface area contributed by atoms with Crippen molar-refractivity contribution in [3.8, 4) is 0 Å². The number of hydrogen-bond acceptors (Lipinski definition) is 2. The molecule has 0 unspecified atom stereocenters. The largest absolute Gasteiger partial charge is 0.334 e. The minimum absolute atomic E-state index is 0.0525. The van der Waals surface area contributed by atoms with Crippen molar-refractivity contribution >= 4 is 5.78 Å². The average molecular weight is 178 g/mol. The van der Waals surface area contributed by atoms with E-state index < -0.39 is 0 Å². The lowest BCUT2D eigenvalue weighted by atomic mass is 10.2. The standard InChI is InChI=1S/C10H14N2O/c1-8(13)10-6-12(7-11-10)9-4-2-3-5-9/h6-7,9H,2-5H2,1H3. The van der Waals surface area contributed by atoms with Gasteiger partial charge in [-0.25, -0.2) is 4.98 Å². The summed E-state index contributed by atoms with van der Waals surface area (Å²) in [6, 6.07) is 0.584. The van der Waals surface area contributed by atoms with Crippen LogP contribution in [0.4, 0.5) is 0 Å². The average Bonchev–Trinajstić information content (AvgIpc) is 2.75. The Balaban J connectivity index is 2.16. The number of imidazole rings is 1. The fraction of sp³-hybridized carbons (Fsp3) is 0.600. The van der Waals surface area contributed by atoms with Crippen LogP contribution in [0.1, 0.15) is 49.1 Å². The zero-order valence-electron chi connectivity index (χ0n) is 7.86. The lowest BCUT2D eigenvalue weighted by Gasteiger charge is -2.08. The molecule has 0 amide bonds. The maximum absolute atomic E-state index is 11.0. The third-order valence-electron chi connectivity index (χ3n) is 2.71. The van der Waals surface area contributed by atoms with Crippen molar-refractivity contribution < 1.29 is 4.79 Å². The molecule has 3 heteroatoms. The van der Waals surface area contributed by atoms with E-state index >= 15 is 0 Å². The highest BCUT2D eigenvalue weighted by atomic mass is 16.1. The fourth-order valence-corrected chi connectivity index (χ4v) is 1.92. The lowest BCUT2D eigenvalue weighted by Crippen LogP contribution is -2.01. The second-order valence-corrected chi connectivity index (χ2v) is 3.70. The van der Waals surface area contributed by atoms with E-state index in [-0.39, 0.29) is 5.78 Å². The number of carbonyl (C=O) groups excluding carboxylic acids is 1. The van der Waals surface area contributed by atoms with Crippen LogP contribution in [0.15, 0.2) is 12.5 Å². The monoisotopic (exact) mass is 178 g/mol. The topological polar surface area (TPSA) is 34.9 Å². The molecule has 1 heterocycles. The van der Waals surface area contributed by atoms with Gasteiger partial charge in [0.25, 0.3) is 0 Å². The Bertz CT molecular complexity index is 310. The molecule has 1 aromatic rings. The number of rotatable bonds is 2. The first-order valence-electron chi connectivity index (χ1n) is 4.82. The molecular formula is C10H14N2O. The SMILES string of the molecule is CC(=O)c1cn(C2CCCC2)cn1. The number of hydrogen-bond donors (Lipinski definition) is 0. The Labute approximate surface area is 77.8 Å². The predicted molar refractivity (Wildman–Crippen MR) is 49.7 cm³/mol. The summed E-state index contributed by atoms with van der Waals surface area (Å²) in [5, 5.41) is 0. The maximum Gasteiger partial charge on any atom is 0.179 e. The van der Waals surface area contributed by atoms with Gasteiger partial charge in [0.1, 0.15) is 5.69 Å². The van der Waals surface area contributed by atoms with Gasteiger partial charge in [-0.05, 0) is 12.8 Å². The van der Waals surface area contributed by atoms with E-state index in [1.165, 1.54) is 25.7 Å². The van der Waals surface area contributed by atoms with Gasteiger partial charge in [-0.15, -0.1) is 0 Å². The predicted octanol–water partition coefficient (Wildman–Crippen LogP) is 2.20. The van der Waals surface area contributed by atoms with E-state index in [2.05, 4.69) is 9.55 Å². The Morgan fingerprint density at radius 1 is 1.54 bits per heavy atom. The van der Waals surface area contributed by atoms with E-state index in [1.807, 2.05) is 6.20 Å². The zero-order chi connectivity index (χ0) is 9.26. The highest BCUT2D eigenvalue weighted by molar-refractivity contribution is 5.91. The maximum atomic E-state index is 11.0. The summed E-state index contributed by atoms with van der Waals surface area (Å²) < 4.78 is 2.09. The molecule has 70 valence electrons. The molecule has 1 aliphatic rings. The second kappa shape index (κ2) is 3.32. The van der Waals surface area contributed by atoms with Gasteiger partial charge in [-0.1, -0.05) is 12.8 Å². The molecule has 0 aliphatic heterocycles. The molecule has 1 saturated carbocycles. The van der Waals surface area contributed by atoms with Crippen molar-refractivity contribution in [2.24, 2.45) is 0 Å². The number of aromatic nitrogens is 2. The minimum atomic E-state index is 0.0525. The van der Waals surface area contributed by atoms with Gasteiger partial charge in [-0.2, -0.15) is 0 Å². The molecule has 0 aromatic carbocycles. The van der Waals surface area contributed by atoms with Crippen LogP contribution in [0.25, 0.3) is 0 Å². The van der Waals surface area contributed by atoms with E-state index in [0.717, 1.165) is 0 Å². The molecule has 1 aromatic heterocycles. The van der Waals surface area contributed by atoms with Crippen LogP contribution in [0.3, 0.4) is 0 Å². The van der Waals surface area contributed by atoms with Gasteiger partial charge in [0.15, 0.2) is 5.78 Å². The molecule has 13 heavy (non-hydrogen) atoms. The molecular weight excluding hydrogens is 164 g/mol. The van der Waals surface area contributed by atoms with Gasteiger partial charge < -0.3 is 4.57 Å². The third kappa shape index (κ3) is 1.64. The van der Waals surface area contributed by atoms with E-state index in [0.29, 0.717) is 11.7 Å². The smallest absolute Gasteiger partial charge is 0.179 e. The molecule has 1 fully saturated rings. The molecule has 2 rings (SSSR count). The molecule has 0 radical (unpaired) electrons. The van der Waals surface area contributed by atoms with Crippen molar-refractivity contribution in [2.75, 3.05) is 0 Å². The number of Topliss-reactive ketones (excluding diaryl/α,β-unsaturated/α-hetero) is 1. The van der Waals surface area contributed by atoms with Crippen LogP contribution in [0.2, 0.25) is 0 Å². The fourth-order valence-electron chi connectivity index (χ4n) is 1.92. The molecule has 0 saturated heterocycles. The molecule has 0 N–H and O–H groups in total. The first-order valence-corrected chi connectivity index (χ1v) is 4.82. The first-order chi connectivity index (χ1) is 6.27. The quantitative estimate of drug-likeness (QED) is 0.651. The molecule has 0 atom stereocenters. The van der Waals surface area contributed by atoms with Crippen molar-refractivity contribution in [1.82, 2.24) is 9.55 Å². The van der Waals surface area contributed by atoms with Crippen LogP contribution in [-0.4, -0.2) is 15.3 Å². The van der Waals surface area contributed by atoms with Crippen molar-refractivity contribution in [3.63, 3.8) is 0 Å². The molecule has 1 aliphatic carbocycles. The van der Waals surface area contributed by atoms with Crippen molar-refractivity contribution in [3.05, 3.63) is 18.2 Å². The first kappa shape index (κ1) is 8.48. The summed E-state index contributed by atoms with van der Waals surface area (Å²) >= 11 is 0. The van der Waals surface area contributed by atoms with Gasteiger partial charge in [0, 0.05) is 19.2 Å². The van der Waals surface area contributed by atoms with Gasteiger partial charge in [0.2, 0.25) is 0 Å². The Morgan fingerprint density at radius 3 is 2.77 bits per heavy atom. The lowest BCUT2D eigenvalue weighted by molar-refractivity contribution is 0.101. The summed E-state index contributed by atoms with van der Waals surface area (Å²) in [7, 11) is 0. The molecule has 0 spiro atoms. The van der Waals surface area contributed by atoms with Crippen molar-refractivity contribution in [1.29, 1.82) is 0 Å². The normalized spacial score (nSPS) is 17.9. The highest BCUT2D eigenvalue weighted by Gasteiger charge is 2.17. The van der Waals surface area contributed by atoms with Gasteiger partial charge >= 0.3 is 0 Å². The van der Waals surface area contributed by atoms with Crippen molar-refractivity contribution in [2.45, 2.75) is 38.6 Å². The summed E-state index contributed by atoms with van der Waals surface area (Å²) in [5.74, 6) is 0.0525. The van der Waals surface area contributed by atoms with Crippen LogP contribution < -0.4 is 0 Å². The highest BCUT2D eigenvalue weighted by Crippen LogP contribution is 2.29. The van der Waals surface area contributed by atoms with Crippen LogP contribution in [0, 0.1) is 0 Å². The summed E-state index contributed by atoms with van der Waals surface area (Å²) in [5.41, 5.74) is 0.590. The minimum Gasteiger partial charge on any atom is -0.334 e. The Kier molecular flexibility index (Phi) is 2.17. The Hall–Kier alpha value is -1.12. The van der Waals surface area contributed by atoms with Gasteiger partial charge in [0.05, 0.1) is 6.33 Å². The van der Waals surface area contributed by atoms with E-state index in [4.69, 9.17) is 0 Å². The second-order valence-electron chi connectivity index (χ2n) is 3.70. The van der Waals surface area contributed by atoms with Crippen LogP contribution >= 0.6 is 0 Å². The number of ketones is 1. The third-order valence-corrected chi connectivity index (χ3v) is 2.71. The van der Waals surface area contributed by atoms with Crippen LogP contribution in [-0.2, 0) is 0 Å². The van der Waals surface area contributed by atoms with E-state index in [9.17, 15) is 4.79 Å². The summed E-state index contributed by atoms with van der Waals surface area (Å²) in [6.45, 7) is 1.56. The molecule has 3 nitrogen and oxygen atoms in total. The zero-order valence-corrected chi connectivity index (χ0v) is 7.86. The number of carbonyl (C=O) groups is 1. The van der Waals surface area contributed by atoms with E-state index in [1.54, 1.807) is 13.3 Å². The summed E-state index contributed by atoms with van der Waals surface area (Å²) in [6.07, 6.45) is 8.73. The Morgan fingerprint density at radius 2 is 2.23 bits per heavy atom. The summed E-state index contributed by atoms with van der Waals surface area (Å²) in [4.78, 5) is 15.1. The van der Waals surface area contributed by atoms with Gasteiger partial charge in [-0.3, -0.25) is 4.79 Å².